The van der Waals surface area contributed by atoms with E-state index in [1.807, 2.05) is 6.07 Å². The van der Waals surface area contributed by atoms with Gasteiger partial charge < -0.3 is 25.4 Å². The van der Waals surface area contributed by atoms with Gasteiger partial charge in [-0.25, -0.2) is 4.79 Å². The first-order valence-electron chi connectivity index (χ1n) is 7.45. The smallest absolute Gasteiger partial charge is 0.319 e. The molecule has 0 bridgehead atoms. The van der Waals surface area contributed by atoms with Crippen LogP contribution in [0.3, 0.4) is 0 Å². The van der Waals surface area contributed by atoms with Crippen molar-refractivity contribution in [1.82, 2.24) is 5.32 Å². The maximum absolute atomic E-state index is 11.9. The third kappa shape index (κ3) is 5.61. The Hall–Kier alpha value is -1.99. The van der Waals surface area contributed by atoms with Crippen molar-refractivity contribution >= 4 is 35.0 Å². The molecule has 1 fully saturated rings. The van der Waals surface area contributed by atoms with Crippen LogP contribution >= 0.6 is 11.6 Å². The molecule has 1 heterocycles. The lowest BCUT2D eigenvalue weighted by molar-refractivity contribution is -0.137. The minimum atomic E-state index is -0.878. The van der Waals surface area contributed by atoms with Gasteiger partial charge >= 0.3 is 12.0 Å². The van der Waals surface area contributed by atoms with Gasteiger partial charge in [0.05, 0.1) is 24.6 Å². The van der Waals surface area contributed by atoms with E-state index in [-0.39, 0.29) is 12.5 Å². The number of halogens is 1. The van der Waals surface area contributed by atoms with Gasteiger partial charge in [0, 0.05) is 31.1 Å². The van der Waals surface area contributed by atoms with Crippen LogP contribution in [0.15, 0.2) is 18.2 Å². The number of carboxylic acid groups (broad SMARTS) is 1. The lowest BCUT2D eigenvalue weighted by atomic mass is 10.2. The number of morpholine rings is 1. The predicted molar refractivity (Wildman–Crippen MR) is 88.4 cm³/mol. The number of rotatable bonds is 6. The zero-order valence-corrected chi connectivity index (χ0v) is 13.4. The Bertz CT molecular complexity index is 562. The van der Waals surface area contributed by atoms with Crippen molar-refractivity contribution in [3.63, 3.8) is 0 Å². The Kier molecular flexibility index (Phi) is 6.49. The first-order chi connectivity index (χ1) is 11.1. The fourth-order valence-corrected chi connectivity index (χ4v) is 2.47. The number of hydrogen-bond acceptors (Lipinski definition) is 4. The van der Waals surface area contributed by atoms with Gasteiger partial charge in [0.1, 0.15) is 0 Å². The summed E-state index contributed by atoms with van der Waals surface area (Å²) >= 11 is 6.02. The van der Waals surface area contributed by atoms with Crippen LogP contribution in [0.2, 0.25) is 5.02 Å². The van der Waals surface area contributed by atoms with E-state index in [0.717, 1.165) is 18.8 Å². The summed E-state index contributed by atoms with van der Waals surface area (Å²) < 4.78 is 5.34. The number of carbonyl (C=O) groups excluding carboxylic acids is 1. The standard InChI is InChI=1S/C15H20ClN3O4/c16-11-3-4-13(19-6-8-23-9-7-19)12(10-11)18-15(22)17-5-1-2-14(20)21/h3-4,10H,1-2,5-9H2,(H,20,21)(H2,17,18,22). The molecule has 1 aromatic rings. The molecule has 0 atom stereocenters. The molecule has 1 aliphatic rings. The minimum absolute atomic E-state index is 0.0243. The molecule has 0 aliphatic carbocycles. The molecule has 2 amide bonds. The molecule has 126 valence electrons. The normalized spacial score (nSPS) is 14.4. The molecular formula is C15H20ClN3O4. The summed E-state index contributed by atoms with van der Waals surface area (Å²) in [6.45, 7) is 3.07. The molecule has 1 aromatic carbocycles. The molecule has 1 aliphatic heterocycles. The summed E-state index contributed by atoms with van der Waals surface area (Å²) in [6, 6.07) is 4.96. The Labute approximate surface area is 139 Å². The van der Waals surface area contributed by atoms with Crippen LogP contribution in [-0.4, -0.2) is 50.0 Å². The van der Waals surface area contributed by atoms with Crippen LogP contribution in [0.4, 0.5) is 16.2 Å². The van der Waals surface area contributed by atoms with E-state index >= 15 is 0 Å². The van der Waals surface area contributed by atoms with Gasteiger partial charge in [-0.05, 0) is 24.6 Å². The van der Waals surface area contributed by atoms with E-state index < -0.39 is 5.97 Å². The van der Waals surface area contributed by atoms with E-state index in [2.05, 4.69) is 15.5 Å². The van der Waals surface area contributed by atoms with E-state index in [4.69, 9.17) is 21.4 Å². The van der Waals surface area contributed by atoms with Crippen LogP contribution in [0, 0.1) is 0 Å². The molecule has 3 N–H and O–H groups in total. The van der Waals surface area contributed by atoms with Gasteiger partial charge in [-0.15, -0.1) is 0 Å². The second-order valence-corrected chi connectivity index (χ2v) is 5.58. The van der Waals surface area contributed by atoms with Crippen molar-refractivity contribution in [3.05, 3.63) is 23.2 Å². The Morgan fingerprint density at radius 2 is 2.04 bits per heavy atom. The van der Waals surface area contributed by atoms with Crippen molar-refractivity contribution < 1.29 is 19.4 Å². The number of nitrogens with zero attached hydrogens (tertiary/aromatic N) is 1. The highest BCUT2D eigenvalue weighted by Gasteiger charge is 2.16. The predicted octanol–water partition coefficient (Wildman–Crippen LogP) is 2.16. The highest BCUT2D eigenvalue weighted by molar-refractivity contribution is 6.31. The molecule has 2 rings (SSSR count). The summed E-state index contributed by atoms with van der Waals surface area (Å²) in [4.78, 5) is 24.5. The lowest BCUT2D eigenvalue weighted by Crippen LogP contribution is -2.37. The SMILES string of the molecule is O=C(O)CCCNC(=O)Nc1cc(Cl)ccc1N1CCOCC1. The van der Waals surface area contributed by atoms with Gasteiger partial charge in [0.25, 0.3) is 0 Å². The van der Waals surface area contributed by atoms with Gasteiger partial charge in [-0.2, -0.15) is 0 Å². The quantitative estimate of drug-likeness (QED) is 0.690. The second kappa shape index (κ2) is 8.59. The van der Waals surface area contributed by atoms with Gasteiger partial charge in [-0.1, -0.05) is 11.6 Å². The molecule has 7 nitrogen and oxygen atoms in total. The molecule has 0 saturated carbocycles. The number of urea groups is 1. The van der Waals surface area contributed by atoms with Crippen molar-refractivity contribution in [3.8, 4) is 0 Å². The Balaban J connectivity index is 1.96. The maximum atomic E-state index is 11.9. The van der Waals surface area contributed by atoms with Crippen LogP contribution in [0.5, 0.6) is 0 Å². The summed E-state index contributed by atoms with van der Waals surface area (Å²) in [5.41, 5.74) is 1.51. The number of hydrogen-bond donors (Lipinski definition) is 3. The fraction of sp³-hybridized carbons (Fsp3) is 0.467. The van der Waals surface area contributed by atoms with Gasteiger partial charge in [-0.3, -0.25) is 4.79 Å². The number of ether oxygens (including phenoxy) is 1. The molecule has 0 unspecified atom stereocenters. The highest BCUT2D eigenvalue weighted by Crippen LogP contribution is 2.29. The number of amides is 2. The monoisotopic (exact) mass is 341 g/mol. The zero-order chi connectivity index (χ0) is 16.7. The molecule has 1 saturated heterocycles. The number of anilines is 2. The molecule has 8 heteroatoms. The average Bonchev–Trinajstić information content (AvgIpc) is 2.52. The Morgan fingerprint density at radius 1 is 1.30 bits per heavy atom. The average molecular weight is 342 g/mol. The first kappa shape index (κ1) is 17.4. The van der Waals surface area contributed by atoms with Crippen molar-refractivity contribution in [2.45, 2.75) is 12.8 Å². The van der Waals surface area contributed by atoms with Crippen molar-refractivity contribution in [2.24, 2.45) is 0 Å². The largest absolute Gasteiger partial charge is 0.481 e. The van der Waals surface area contributed by atoms with E-state index in [1.54, 1.807) is 12.1 Å². The topological polar surface area (TPSA) is 90.9 Å². The maximum Gasteiger partial charge on any atom is 0.319 e. The van der Waals surface area contributed by atoms with Crippen LogP contribution in [0.1, 0.15) is 12.8 Å². The highest BCUT2D eigenvalue weighted by atomic mass is 35.5. The van der Waals surface area contributed by atoms with Gasteiger partial charge in [0.2, 0.25) is 0 Å². The molecule has 0 radical (unpaired) electrons. The molecular weight excluding hydrogens is 322 g/mol. The number of benzene rings is 1. The molecule has 23 heavy (non-hydrogen) atoms. The fourth-order valence-electron chi connectivity index (χ4n) is 2.30. The minimum Gasteiger partial charge on any atom is -0.481 e. The third-order valence-corrected chi connectivity index (χ3v) is 3.65. The summed E-state index contributed by atoms with van der Waals surface area (Å²) in [5, 5.41) is 14.5. The summed E-state index contributed by atoms with van der Waals surface area (Å²) in [6.07, 6.45) is 0.408. The summed E-state index contributed by atoms with van der Waals surface area (Å²) in [5.74, 6) is -0.878. The van der Waals surface area contributed by atoms with Crippen LogP contribution < -0.4 is 15.5 Å². The third-order valence-electron chi connectivity index (χ3n) is 3.41. The number of aliphatic carboxylic acids is 1. The van der Waals surface area contributed by atoms with Crippen molar-refractivity contribution in [1.29, 1.82) is 0 Å². The van der Waals surface area contributed by atoms with E-state index in [1.165, 1.54) is 0 Å². The van der Waals surface area contributed by atoms with Crippen LogP contribution in [-0.2, 0) is 9.53 Å². The zero-order valence-electron chi connectivity index (χ0n) is 12.7. The van der Waals surface area contributed by atoms with E-state index in [0.29, 0.717) is 36.9 Å². The lowest BCUT2D eigenvalue weighted by Gasteiger charge is -2.30. The van der Waals surface area contributed by atoms with Crippen LogP contribution in [0.25, 0.3) is 0 Å². The second-order valence-electron chi connectivity index (χ2n) is 5.14. The van der Waals surface area contributed by atoms with Gasteiger partial charge in [0.15, 0.2) is 0 Å². The number of nitrogens with one attached hydrogen (secondary N) is 2. The van der Waals surface area contributed by atoms with Crippen molar-refractivity contribution in [2.75, 3.05) is 43.1 Å². The first-order valence-corrected chi connectivity index (χ1v) is 7.83. The number of carbonyl (C=O) groups is 2. The van der Waals surface area contributed by atoms with E-state index in [9.17, 15) is 9.59 Å². The number of carboxylic acids is 1. The Morgan fingerprint density at radius 3 is 2.74 bits per heavy atom. The molecule has 0 aromatic heterocycles. The summed E-state index contributed by atoms with van der Waals surface area (Å²) in [7, 11) is 0. The molecule has 0 spiro atoms.